The van der Waals surface area contributed by atoms with E-state index >= 15 is 0 Å². The van der Waals surface area contributed by atoms with Crippen LogP contribution in [0.1, 0.15) is 36.3 Å². The lowest BCUT2D eigenvalue weighted by Gasteiger charge is -2.09. The molecular formula is C17H21BrN4O. The largest absolute Gasteiger partial charge is 0.351 e. The number of anilines is 2. The van der Waals surface area contributed by atoms with Crippen molar-refractivity contribution in [3.05, 3.63) is 46.3 Å². The van der Waals surface area contributed by atoms with Gasteiger partial charge < -0.3 is 10.6 Å². The molecule has 6 heteroatoms. The van der Waals surface area contributed by atoms with Crippen LogP contribution in [0.3, 0.4) is 0 Å². The summed E-state index contributed by atoms with van der Waals surface area (Å²) < 4.78 is 1.06. The van der Waals surface area contributed by atoms with E-state index in [0.717, 1.165) is 22.1 Å². The molecule has 0 aliphatic heterocycles. The molecule has 0 aliphatic carbocycles. The molecule has 0 saturated heterocycles. The number of rotatable bonds is 6. The summed E-state index contributed by atoms with van der Waals surface area (Å²) in [6.07, 6.45) is 4.00. The predicted octanol–water partition coefficient (Wildman–Crippen LogP) is 4.07. The molecule has 0 bridgehead atoms. The van der Waals surface area contributed by atoms with Crippen molar-refractivity contribution in [1.29, 1.82) is 0 Å². The van der Waals surface area contributed by atoms with Gasteiger partial charge in [0, 0.05) is 16.7 Å². The number of aryl methyl sites for hydroxylation is 1. The van der Waals surface area contributed by atoms with E-state index in [-0.39, 0.29) is 5.91 Å². The van der Waals surface area contributed by atoms with Crippen molar-refractivity contribution in [3.63, 3.8) is 0 Å². The Kier molecular flexibility index (Phi) is 6.10. The topological polar surface area (TPSA) is 66.9 Å². The number of carbonyl (C=O) groups excluding carboxylic acids is 1. The average molecular weight is 377 g/mol. The minimum absolute atomic E-state index is 0.191. The fraction of sp³-hybridized carbons (Fsp3) is 0.353. The molecule has 23 heavy (non-hydrogen) atoms. The lowest BCUT2D eigenvalue weighted by Crippen LogP contribution is -2.26. The van der Waals surface area contributed by atoms with E-state index in [1.165, 1.54) is 6.20 Å². The van der Waals surface area contributed by atoms with Crippen molar-refractivity contribution in [1.82, 2.24) is 15.3 Å². The van der Waals surface area contributed by atoms with Crippen molar-refractivity contribution in [2.24, 2.45) is 5.92 Å². The molecule has 1 amide bonds. The highest BCUT2D eigenvalue weighted by atomic mass is 79.9. The Morgan fingerprint density at radius 1 is 1.26 bits per heavy atom. The van der Waals surface area contributed by atoms with Gasteiger partial charge in [0.15, 0.2) is 0 Å². The van der Waals surface area contributed by atoms with E-state index in [0.29, 0.717) is 24.0 Å². The van der Waals surface area contributed by atoms with Gasteiger partial charge in [-0.15, -0.1) is 0 Å². The van der Waals surface area contributed by atoms with E-state index in [4.69, 9.17) is 0 Å². The normalized spacial score (nSPS) is 10.7. The van der Waals surface area contributed by atoms with Crippen LogP contribution in [0.5, 0.6) is 0 Å². The summed E-state index contributed by atoms with van der Waals surface area (Å²) in [4.78, 5) is 20.3. The fourth-order valence-corrected chi connectivity index (χ4v) is 2.19. The van der Waals surface area contributed by atoms with Gasteiger partial charge in [-0.2, -0.15) is 0 Å². The monoisotopic (exact) mass is 376 g/mol. The molecule has 0 fully saturated rings. The molecule has 5 nitrogen and oxygen atoms in total. The molecule has 2 N–H and O–H groups in total. The number of carbonyl (C=O) groups is 1. The standard InChI is InChI=1S/C17H21BrN4O/c1-11(2)6-7-19-17(23)15-9-21-16(10-20-15)22-13-4-5-14(18)12(3)8-13/h4-5,8-11H,6-7H2,1-3H3,(H,19,23)(H,21,22). The van der Waals surface area contributed by atoms with Crippen LogP contribution < -0.4 is 10.6 Å². The van der Waals surface area contributed by atoms with Gasteiger partial charge in [0.25, 0.3) is 5.91 Å². The summed E-state index contributed by atoms with van der Waals surface area (Å²) in [5, 5.41) is 6.02. The highest BCUT2D eigenvalue weighted by Gasteiger charge is 2.08. The van der Waals surface area contributed by atoms with Crippen LogP contribution in [-0.2, 0) is 0 Å². The molecule has 0 spiro atoms. The van der Waals surface area contributed by atoms with Crippen molar-refractivity contribution in [3.8, 4) is 0 Å². The van der Waals surface area contributed by atoms with Crippen LogP contribution in [0.2, 0.25) is 0 Å². The molecule has 0 aliphatic rings. The van der Waals surface area contributed by atoms with E-state index in [1.807, 2.05) is 25.1 Å². The fourth-order valence-electron chi connectivity index (χ4n) is 1.95. The number of halogens is 1. The summed E-state index contributed by atoms with van der Waals surface area (Å²) in [7, 11) is 0. The summed E-state index contributed by atoms with van der Waals surface area (Å²) in [6.45, 7) is 6.91. The smallest absolute Gasteiger partial charge is 0.271 e. The maximum Gasteiger partial charge on any atom is 0.271 e. The zero-order valence-corrected chi connectivity index (χ0v) is 15.1. The zero-order chi connectivity index (χ0) is 16.8. The van der Waals surface area contributed by atoms with Crippen LogP contribution in [0.25, 0.3) is 0 Å². The van der Waals surface area contributed by atoms with Gasteiger partial charge in [-0.05, 0) is 43.0 Å². The number of aromatic nitrogens is 2. The van der Waals surface area contributed by atoms with Crippen LogP contribution in [-0.4, -0.2) is 22.4 Å². The Morgan fingerprint density at radius 3 is 2.65 bits per heavy atom. The van der Waals surface area contributed by atoms with Gasteiger partial charge >= 0.3 is 0 Å². The Morgan fingerprint density at radius 2 is 2.04 bits per heavy atom. The number of nitrogens with one attached hydrogen (secondary N) is 2. The SMILES string of the molecule is Cc1cc(Nc2cnc(C(=O)NCCC(C)C)cn2)ccc1Br. The second-order valence-electron chi connectivity index (χ2n) is 5.81. The molecule has 0 saturated carbocycles. The summed E-state index contributed by atoms with van der Waals surface area (Å²) >= 11 is 3.47. The van der Waals surface area contributed by atoms with Gasteiger partial charge in [0.05, 0.1) is 12.4 Å². The minimum Gasteiger partial charge on any atom is -0.351 e. The molecule has 0 atom stereocenters. The first-order valence-corrected chi connectivity index (χ1v) is 8.38. The molecule has 2 rings (SSSR count). The Balaban J connectivity index is 1.96. The van der Waals surface area contributed by atoms with Crippen molar-refractivity contribution >= 4 is 33.3 Å². The number of benzene rings is 1. The molecule has 0 radical (unpaired) electrons. The number of hydrogen-bond donors (Lipinski definition) is 2. The minimum atomic E-state index is -0.191. The van der Waals surface area contributed by atoms with Gasteiger partial charge in [-0.25, -0.2) is 9.97 Å². The molecule has 1 aromatic carbocycles. The highest BCUT2D eigenvalue weighted by Crippen LogP contribution is 2.21. The van der Waals surface area contributed by atoms with Gasteiger partial charge in [-0.3, -0.25) is 4.79 Å². The first kappa shape index (κ1) is 17.4. The maximum atomic E-state index is 11.9. The van der Waals surface area contributed by atoms with Crippen LogP contribution in [0.15, 0.2) is 35.1 Å². The lowest BCUT2D eigenvalue weighted by atomic mass is 10.1. The van der Waals surface area contributed by atoms with E-state index in [1.54, 1.807) is 6.20 Å². The summed E-state index contributed by atoms with van der Waals surface area (Å²) in [5.41, 5.74) is 2.38. The maximum absolute atomic E-state index is 11.9. The van der Waals surface area contributed by atoms with E-state index in [9.17, 15) is 4.79 Å². The van der Waals surface area contributed by atoms with E-state index < -0.39 is 0 Å². The summed E-state index contributed by atoms with van der Waals surface area (Å²) in [6, 6.07) is 5.94. The second-order valence-corrected chi connectivity index (χ2v) is 6.67. The quantitative estimate of drug-likeness (QED) is 0.797. The third kappa shape index (κ3) is 5.32. The molecule has 1 heterocycles. The molecule has 122 valence electrons. The van der Waals surface area contributed by atoms with Crippen molar-refractivity contribution in [2.75, 3.05) is 11.9 Å². The molecule has 1 aromatic heterocycles. The van der Waals surface area contributed by atoms with E-state index in [2.05, 4.69) is 50.4 Å². The predicted molar refractivity (Wildman–Crippen MR) is 96.0 cm³/mol. The molecular weight excluding hydrogens is 356 g/mol. The molecule has 2 aromatic rings. The first-order valence-electron chi connectivity index (χ1n) is 7.59. The highest BCUT2D eigenvalue weighted by molar-refractivity contribution is 9.10. The number of amides is 1. The van der Waals surface area contributed by atoms with Crippen LogP contribution >= 0.6 is 15.9 Å². The van der Waals surface area contributed by atoms with Crippen molar-refractivity contribution < 1.29 is 4.79 Å². The Bertz CT molecular complexity index is 671. The summed E-state index contributed by atoms with van der Waals surface area (Å²) in [5.74, 6) is 0.969. The third-order valence-electron chi connectivity index (χ3n) is 3.32. The van der Waals surface area contributed by atoms with Gasteiger partial charge in [-0.1, -0.05) is 29.8 Å². The Labute approximate surface area is 145 Å². The Hall–Kier alpha value is -1.95. The second kappa shape index (κ2) is 8.06. The average Bonchev–Trinajstić information content (AvgIpc) is 2.51. The van der Waals surface area contributed by atoms with Crippen molar-refractivity contribution in [2.45, 2.75) is 27.2 Å². The third-order valence-corrected chi connectivity index (χ3v) is 4.21. The van der Waals surface area contributed by atoms with Gasteiger partial charge in [0.2, 0.25) is 0 Å². The van der Waals surface area contributed by atoms with Crippen LogP contribution in [0, 0.1) is 12.8 Å². The molecule has 0 unspecified atom stereocenters. The first-order chi connectivity index (χ1) is 11.0. The lowest BCUT2D eigenvalue weighted by molar-refractivity contribution is 0.0946. The zero-order valence-electron chi connectivity index (χ0n) is 13.6. The number of nitrogens with zero attached hydrogens (tertiary/aromatic N) is 2. The van der Waals surface area contributed by atoms with Crippen LogP contribution in [0.4, 0.5) is 11.5 Å². The van der Waals surface area contributed by atoms with Gasteiger partial charge in [0.1, 0.15) is 11.5 Å². The number of hydrogen-bond acceptors (Lipinski definition) is 4.